The zero-order valence-corrected chi connectivity index (χ0v) is 22.0. The molecule has 1 aromatic carbocycles. The number of rotatable bonds is 14. The molecule has 0 heterocycles. The monoisotopic (exact) mass is 486 g/mol. The predicted octanol–water partition coefficient (Wildman–Crippen LogP) is 5.57. The van der Waals surface area contributed by atoms with Crippen molar-refractivity contribution >= 4 is 5.97 Å². The molecule has 6 nitrogen and oxygen atoms in total. The van der Waals surface area contributed by atoms with E-state index in [1.807, 2.05) is 33.8 Å². The smallest absolute Gasteiger partial charge is 0.310 e. The van der Waals surface area contributed by atoms with Gasteiger partial charge in [0.25, 0.3) is 0 Å². The van der Waals surface area contributed by atoms with Crippen molar-refractivity contribution in [1.82, 2.24) is 0 Å². The Labute approximate surface area is 210 Å². The third kappa shape index (κ3) is 11.0. The molecule has 3 atom stereocenters. The number of aromatic hydroxyl groups is 1. The normalized spacial score (nSPS) is 15.5. The Morgan fingerprint density at radius 2 is 1.83 bits per heavy atom. The number of ether oxygens (including phenoxy) is 2. The summed E-state index contributed by atoms with van der Waals surface area (Å²) in [5.41, 5.74) is 2.82. The molecular formula is C29H42O6. The third-order valence-corrected chi connectivity index (χ3v) is 5.81. The zero-order valence-electron chi connectivity index (χ0n) is 22.0. The van der Waals surface area contributed by atoms with Crippen LogP contribution in [0.15, 0.2) is 65.8 Å². The predicted molar refractivity (Wildman–Crippen MR) is 140 cm³/mol. The molecule has 3 N–H and O–H groups in total. The minimum atomic E-state index is -0.899. The van der Waals surface area contributed by atoms with Crippen LogP contribution >= 0.6 is 0 Å². The number of aliphatic hydroxyl groups is 2. The molecule has 194 valence electrons. The molecule has 0 spiro atoms. The SMILES string of the molecule is C=CC(C)(CC/C=C(\C)CC/C=C(\C)[C@H](O)[C@H](O)C=C(C)C)Oc1ccc(O)cc1CC(=O)OC. The van der Waals surface area contributed by atoms with Gasteiger partial charge in [0.05, 0.1) is 13.5 Å². The zero-order chi connectivity index (χ0) is 26.6. The van der Waals surface area contributed by atoms with Crippen LogP contribution in [0.4, 0.5) is 0 Å². The molecule has 0 bridgehead atoms. The van der Waals surface area contributed by atoms with Crippen LogP contribution in [0.5, 0.6) is 11.5 Å². The van der Waals surface area contributed by atoms with Gasteiger partial charge >= 0.3 is 5.97 Å². The fourth-order valence-electron chi connectivity index (χ4n) is 3.53. The van der Waals surface area contributed by atoms with Gasteiger partial charge < -0.3 is 24.8 Å². The molecule has 0 amide bonds. The van der Waals surface area contributed by atoms with Gasteiger partial charge in [-0.1, -0.05) is 36.0 Å². The highest BCUT2D eigenvalue weighted by Crippen LogP contribution is 2.30. The van der Waals surface area contributed by atoms with E-state index >= 15 is 0 Å². The van der Waals surface area contributed by atoms with E-state index in [9.17, 15) is 20.1 Å². The summed E-state index contributed by atoms with van der Waals surface area (Å²) in [6.45, 7) is 13.5. The number of phenols is 1. The van der Waals surface area contributed by atoms with Crippen molar-refractivity contribution in [2.45, 2.75) is 84.5 Å². The number of esters is 1. The van der Waals surface area contributed by atoms with Crippen LogP contribution in [0.3, 0.4) is 0 Å². The first-order chi connectivity index (χ1) is 16.4. The number of benzene rings is 1. The maximum atomic E-state index is 11.7. The van der Waals surface area contributed by atoms with Gasteiger partial charge in [-0.05, 0) is 90.2 Å². The minimum Gasteiger partial charge on any atom is -0.508 e. The molecule has 0 fully saturated rings. The van der Waals surface area contributed by atoms with Crippen molar-refractivity contribution < 1.29 is 29.6 Å². The molecule has 6 heteroatoms. The fourth-order valence-corrected chi connectivity index (χ4v) is 3.53. The maximum absolute atomic E-state index is 11.7. The molecular weight excluding hydrogens is 444 g/mol. The highest BCUT2D eigenvalue weighted by molar-refractivity contribution is 5.73. The lowest BCUT2D eigenvalue weighted by atomic mass is 9.97. The van der Waals surface area contributed by atoms with Crippen LogP contribution in [0.2, 0.25) is 0 Å². The quantitative estimate of drug-likeness (QED) is 0.235. The summed E-state index contributed by atoms with van der Waals surface area (Å²) in [4.78, 5) is 11.7. The van der Waals surface area contributed by atoms with Crippen LogP contribution in [0.1, 0.15) is 65.9 Å². The number of phenolic OH excluding ortho intramolecular Hbond substituents is 1. The van der Waals surface area contributed by atoms with E-state index in [1.54, 1.807) is 18.2 Å². The number of carbonyl (C=O) groups is 1. The van der Waals surface area contributed by atoms with Crippen LogP contribution in [0.25, 0.3) is 0 Å². The number of hydrogen-bond acceptors (Lipinski definition) is 6. The Morgan fingerprint density at radius 3 is 2.43 bits per heavy atom. The molecule has 0 aliphatic heterocycles. The van der Waals surface area contributed by atoms with Gasteiger partial charge in [0, 0.05) is 5.56 Å². The van der Waals surface area contributed by atoms with Crippen molar-refractivity contribution in [3.8, 4) is 11.5 Å². The average molecular weight is 487 g/mol. The molecule has 35 heavy (non-hydrogen) atoms. The first kappa shape index (κ1) is 30.2. The van der Waals surface area contributed by atoms with Gasteiger partial charge in [0.2, 0.25) is 0 Å². The van der Waals surface area contributed by atoms with E-state index in [-0.39, 0.29) is 12.2 Å². The van der Waals surface area contributed by atoms with Gasteiger partial charge in [-0.25, -0.2) is 0 Å². The van der Waals surface area contributed by atoms with Gasteiger partial charge in [-0.2, -0.15) is 0 Å². The van der Waals surface area contributed by atoms with E-state index in [2.05, 4.69) is 19.6 Å². The molecule has 1 rings (SSSR count). The summed E-state index contributed by atoms with van der Waals surface area (Å²) in [7, 11) is 1.32. The number of hydrogen-bond donors (Lipinski definition) is 3. The summed E-state index contributed by atoms with van der Waals surface area (Å²) in [5.74, 6) is 0.145. The second kappa shape index (κ2) is 14.5. The Kier molecular flexibility index (Phi) is 12.5. The van der Waals surface area contributed by atoms with Gasteiger partial charge in [0.1, 0.15) is 29.3 Å². The van der Waals surface area contributed by atoms with Crippen molar-refractivity contribution in [2.24, 2.45) is 0 Å². The fraction of sp³-hybridized carbons (Fsp3) is 0.483. The Morgan fingerprint density at radius 1 is 1.14 bits per heavy atom. The standard InChI is InChI=1S/C29H42O6/c1-8-29(6,35-26-15-14-24(30)18-23(26)19-27(32)34-7)16-10-12-21(4)11-9-13-22(5)28(33)25(31)17-20(2)3/h8,12-15,17-18,25,28,30-31,33H,1,9-11,16,19H2,2-7H3/b21-12+,22-13+/t25-,28+,29?/m1/s1. The molecule has 1 aromatic rings. The van der Waals surface area contributed by atoms with Gasteiger partial charge in [-0.3, -0.25) is 4.79 Å². The topological polar surface area (TPSA) is 96.2 Å². The summed E-state index contributed by atoms with van der Waals surface area (Å²) >= 11 is 0. The van der Waals surface area contributed by atoms with Crippen LogP contribution < -0.4 is 4.74 Å². The molecule has 0 aromatic heterocycles. The van der Waals surface area contributed by atoms with Crippen LogP contribution in [-0.2, 0) is 16.0 Å². The lowest BCUT2D eigenvalue weighted by molar-refractivity contribution is -0.139. The van der Waals surface area contributed by atoms with Crippen molar-refractivity contribution in [2.75, 3.05) is 7.11 Å². The van der Waals surface area contributed by atoms with Gasteiger partial charge in [-0.15, -0.1) is 0 Å². The van der Waals surface area contributed by atoms with Crippen molar-refractivity contribution in [1.29, 1.82) is 0 Å². The van der Waals surface area contributed by atoms with E-state index in [1.165, 1.54) is 24.8 Å². The third-order valence-electron chi connectivity index (χ3n) is 5.81. The molecule has 0 radical (unpaired) electrons. The molecule has 0 aliphatic carbocycles. The summed E-state index contributed by atoms with van der Waals surface area (Å²) in [6, 6.07) is 4.67. The lowest BCUT2D eigenvalue weighted by Gasteiger charge is -2.28. The van der Waals surface area contributed by atoms with E-state index in [0.717, 1.165) is 30.4 Å². The average Bonchev–Trinajstić information content (AvgIpc) is 2.79. The van der Waals surface area contributed by atoms with E-state index in [0.29, 0.717) is 17.7 Å². The highest BCUT2D eigenvalue weighted by Gasteiger charge is 2.24. The number of carbonyl (C=O) groups excluding carboxylic acids is 1. The second-order valence-corrected chi connectivity index (χ2v) is 9.42. The van der Waals surface area contributed by atoms with Crippen LogP contribution in [0, 0.1) is 0 Å². The molecule has 0 saturated carbocycles. The molecule has 0 saturated heterocycles. The maximum Gasteiger partial charge on any atom is 0.310 e. The Bertz CT molecular complexity index is 938. The number of methoxy groups -OCH3 is 1. The second-order valence-electron chi connectivity index (χ2n) is 9.42. The first-order valence-corrected chi connectivity index (χ1v) is 12.0. The number of allylic oxidation sites excluding steroid dienone is 4. The number of aliphatic hydroxyl groups excluding tert-OH is 2. The lowest BCUT2D eigenvalue weighted by Crippen LogP contribution is -2.30. The Hall–Kier alpha value is -2.83. The highest BCUT2D eigenvalue weighted by atomic mass is 16.5. The summed E-state index contributed by atoms with van der Waals surface area (Å²) < 4.78 is 11.0. The van der Waals surface area contributed by atoms with E-state index < -0.39 is 23.8 Å². The van der Waals surface area contributed by atoms with Crippen molar-refractivity contribution in [3.63, 3.8) is 0 Å². The van der Waals surface area contributed by atoms with Crippen LogP contribution in [-0.4, -0.2) is 46.2 Å². The molecule has 0 aliphatic rings. The van der Waals surface area contributed by atoms with Gasteiger partial charge in [0.15, 0.2) is 0 Å². The summed E-state index contributed by atoms with van der Waals surface area (Å²) in [6.07, 6.45) is 8.79. The Balaban J connectivity index is 2.72. The largest absolute Gasteiger partial charge is 0.508 e. The molecule has 1 unspecified atom stereocenters. The van der Waals surface area contributed by atoms with E-state index in [4.69, 9.17) is 9.47 Å². The van der Waals surface area contributed by atoms with Crippen molar-refractivity contribution in [3.05, 3.63) is 71.4 Å². The first-order valence-electron chi connectivity index (χ1n) is 12.0. The summed E-state index contributed by atoms with van der Waals surface area (Å²) in [5, 5.41) is 30.1. The minimum absolute atomic E-state index is 0.000530.